The molecule has 2 aromatic rings. The summed E-state index contributed by atoms with van der Waals surface area (Å²) < 4.78 is 85.1. The fourth-order valence-corrected chi connectivity index (χ4v) is 9.24. The highest BCUT2D eigenvalue weighted by molar-refractivity contribution is 7.91. The van der Waals surface area contributed by atoms with Crippen molar-refractivity contribution < 1.29 is 64.3 Å². The lowest BCUT2D eigenvalue weighted by atomic mass is 9.88. The normalized spacial score (nSPS) is 28.0. The second kappa shape index (κ2) is 17.9. The Bertz CT molecular complexity index is 2150. The van der Waals surface area contributed by atoms with Crippen LogP contribution in [0.3, 0.4) is 0 Å². The van der Waals surface area contributed by atoms with Gasteiger partial charge in [0.1, 0.15) is 41.8 Å². The molecule has 2 aliphatic carbocycles. The minimum absolute atomic E-state index is 0. The first-order valence-corrected chi connectivity index (χ1v) is 22.2. The van der Waals surface area contributed by atoms with E-state index in [-0.39, 0.29) is 42.1 Å². The molecule has 2 aliphatic heterocycles. The Morgan fingerprint density at radius 2 is 1.80 bits per heavy atom. The first kappa shape index (κ1) is 45.7. The maximum atomic E-state index is 14.9. The van der Waals surface area contributed by atoms with Crippen molar-refractivity contribution >= 4 is 44.6 Å². The summed E-state index contributed by atoms with van der Waals surface area (Å²) in [6.07, 6.45) is 5.59. The number of fused-ring (bicyclic) bond motifs is 3. The van der Waals surface area contributed by atoms with Crippen LogP contribution in [-0.2, 0) is 33.9 Å². The molecule has 4 aliphatic rings. The lowest BCUT2D eigenvalue weighted by Gasteiger charge is -2.35. The van der Waals surface area contributed by atoms with E-state index in [1.165, 1.54) is 18.2 Å². The van der Waals surface area contributed by atoms with E-state index in [9.17, 15) is 36.4 Å². The predicted octanol–water partition coefficient (Wildman–Crippen LogP) is 5.38. The first-order chi connectivity index (χ1) is 28.7. The van der Waals surface area contributed by atoms with Gasteiger partial charge in [-0.1, -0.05) is 26.0 Å². The number of nitrogens with zero attached hydrogens (tertiary/aromatic N) is 2. The Balaban J connectivity index is 0.00000363. The van der Waals surface area contributed by atoms with Gasteiger partial charge >= 0.3 is 6.09 Å². The largest absolute Gasteiger partial charge is 0.497 e. The van der Waals surface area contributed by atoms with Crippen LogP contribution >= 0.6 is 0 Å². The van der Waals surface area contributed by atoms with Crippen LogP contribution in [0.4, 0.5) is 13.6 Å². The van der Waals surface area contributed by atoms with E-state index < -0.39 is 86.2 Å². The van der Waals surface area contributed by atoms with Crippen LogP contribution < -0.4 is 29.6 Å². The Morgan fingerprint density at radius 1 is 1.07 bits per heavy atom. The van der Waals surface area contributed by atoms with Crippen LogP contribution in [0.5, 0.6) is 17.4 Å². The van der Waals surface area contributed by atoms with Gasteiger partial charge in [0.05, 0.1) is 31.7 Å². The molecule has 1 aromatic heterocycles. The highest BCUT2D eigenvalue weighted by Gasteiger charge is 2.62. The van der Waals surface area contributed by atoms with Crippen molar-refractivity contribution in [1.29, 1.82) is 0 Å². The zero-order valence-corrected chi connectivity index (χ0v) is 36.4. The van der Waals surface area contributed by atoms with Crippen LogP contribution in [0.2, 0.25) is 0 Å². The second-order valence-corrected chi connectivity index (χ2v) is 19.3. The van der Waals surface area contributed by atoms with E-state index in [1.54, 1.807) is 32.2 Å². The van der Waals surface area contributed by atoms with Crippen molar-refractivity contribution in [3.05, 3.63) is 36.5 Å². The molecular weight excluding hydrogens is 821 g/mol. The van der Waals surface area contributed by atoms with Crippen molar-refractivity contribution in [3.8, 4) is 17.4 Å². The van der Waals surface area contributed by atoms with E-state index >= 15 is 0 Å². The molecule has 61 heavy (non-hydrogen) atoms. The number of benzene rings is 1. The summed E-state index contributed by atoms with van der Waals surface area (Å²) in [5.74, 6) is -5.69. The van der Waals surface area contributed by atoms with E-state index in [0.29, 0.717) is 67.9 Å². The number of hydrogen-bond donors (Lipinski definition) is 3. The number of alkyl carbamates (subject to hydrolysis) is 1. The summed E-state index contributed by atoms with van der Waals surface area (Å²) in [5, 5.41) is 5.83. The number of alkyl halides is 2. The summed E-state index contributed by atoms with van der Waals surface area (Å²) in [7, 11) is -0.902. The number of aromatic nitrogens is 1. The molecule has 342 valence electrons. The van der Waals surface area contributed by atoms with Crippen LogP contribution in [-0.4, -0.2) is 117 Å². The summed E-state index contributed by atoms with van der Waals surface area (Å²) in [5.41, 5.74) is -3.85. The zero-order chi connectivity index (χ0) is 44.5. The van der Waals surface area contributed by atoms with Crippen molar-refractivity contribution in [2.24, 2.45) is 17.8 Å². The van der Waals surface area contributed by atoms with Crippen molar-refractivity contribution in [3.63, 3.8) is 0 Å². The number of carbonyl (C=O) groups excluding carboxylic acids is 4. The molecule has 0 radical (unpaired) electrons. The predicted molar refractivity (Wildman–Crippen MR) is 225 cm³/mol. The van der Waals surface area contributed by atoms with E-state index in [1.807, 2.05) is 19.1 Å². The van der Waals surface area contributed by atoms with Gasteiger partial charge in [0.2, 0.25) is 27.7 Å². The molecule has 4 amide bonds. The number of halogens is 2. The molecule has 7 atom stereocenters. The zero-order valence-electron chi connectivity index (χ0n) is 35.6. The Morgan fingerprint density at radius 3 is 2.48 bits per heavy atom. The van der Waals surface area contributed by atoms with Crippen LogP contribution in [0.25, 0.3) is 10.8 Å². The van der Waals surface area contributed by atoms with Crippen LogP contribution in [0, 0.1) is 17.8 Å². The minimum Gasteiger partial charge on any atom is -0.497 e. The third kappa shape index (κ3) is 10.3. The molecule has 1 aromatic carbocycles. The molecule has 1 unspecified atom stereocenters. The molecule has 0 bridgehead atoms. The summed E-state index contributed by atoms with van der Waals surface area (Å²) >= 11 is 0. The van der Waals surface area contributed by atoms with Crippen LogP contribution in [0.15, 0.2) is 36.5 Å². The maximum Gasteiger partial charge on any atom is 0.408 e. The highest BCUT2D eigenvalue weighted by Crippen LogP contribution is 2.46. The molecule has 0 spiro atoms. The molecule has 6 rings (SSSR count). The number of amides is 4. The van der Waals surface area contributed by atoms with Gasteiger partial charge in [0.25, 0.3) is 11.8 Å². The monoisotopic (exact) mass is 883 g/mol. The van der Waals surface area contributed by atoms with Gasteiger partial charge in [-0.05, 0) is 82.4 Å². The Kier molecular flexibility index (Phi) is 13.4. The summed E-state index contributed by atoms with van der Waals surface area (Å²) in [4.78, 5) is 62.5. The van der Waals surface area contributed by atoms with Crippen LogP contribution in [0.1, 0.15) is 83.8 Å². The molecule has 16 nitrogen and oxygen atoms in total. The standard InChI is InChI=1S/C42H57F2N5O11S.3H2/c1-24-10-8-9-11-26-21-42(26,38(52)48-61(54,55)29-13-14-29)47-35(50)32-20-28(59-36-30-15-12-27(57-7)19-31(30)33(22-45-36)58-17-16-56-6)23-49(32)37(51)34(25(2)18-24)46-39(53)60-40(3,4)41(5,43)44;;;/h9,11-12,15,19,22,24-26,28-29,32,34H,8,10,13-14,16-18,20-21,23H2,1-7H3,(H,46,53)(H,47,50)(H,48,52);3*1H/b11-9-;;;/t24-,25-,26-,28-,32+,34?,42-;;;/m1.../s1. The number of methoxy groups -OCH3 is 2. The quantitative estimate of drug-likeness (QED) is 0.172. The number of sulfonamides is 1. The Labute approximate surface area is 359 Å². The smallest absolute Gasteiger partial charge is 0.408 e. The number of carbonyl (C=O) groups is 4. The number of ether oxygens (including phenoxy) is 5. The Hall–Kier alpha value is -4.78. The summed E-state index contributed by atoms with van der Waals surface area (Å²) in [6.45, 7) is 6.85. The van der Waals surface area contributed by atoms with Crippen molar-refractivity contribution in [2.45, 2.75) is 120 Å². The van der Waals surface area contributed by atoms with E-state index in [0.717, 1.165) is 13.8 Å². The minimum atomic E-state index is -3.98. The third-order valence-electron chi connectivity index (χ3n) is 12.1. The van der Waals surface area contributed by atoms with Crippen molar-refractivity contribution in [1.82, 2.24) is 25.2 Å². The average molecular weight is 884 g/mol. The van der Waals surface area contributed by atoms with E-state index in [4.69, 9.17) is 23.7 Å². The number of nitrogens with one attached hydrogen (secondary N) is 3. The molecule has 19 heteroatoms. The van der Waals surface area contributed by atoms with Gasteiger partial charge < -0.3 is 39.2 Å². The number of allylic oxidation sites excluding steroid dienone is 1. The van der Waals surface area contributed by atoms with Gasteiger partial charge in [-0.15, -0.1) is 0 Å². The fraction of sp³-hybridized carbons (Fsp3) is 0.643. The lowest BCUT2D eigenvalue weighted by Crippen LogP contribution is -2.59. The molecule has 3 heterocycles. The lowest BCUT2D eigenvalue weighted by molar-refractivity contribution is -0.152. The molecular formula is C42H63F2N5O11S. The van der Waals surface area contributed by atoms with Gasteiger partial charge in [-0.3, -0.25) is 19.1 Å². The van der Waals surface area contributed by atoms with Crippen molar-refractivity contribution in [2.75, 3.05) is 34.0 Å². The van der Waals surface area contributed by atoms with Gasteiger partial charge in [0, 0.05) is 41.4 Å². The number of rotatable bonds is 13. The first-order valence-electron chi connectivity index (χ1n) is 20.7. The maximum absolute atomic E-state index is 14.9. The molecule has 1 saturated heterocycles. The third-order valence-corrected chi connectivity index (χ3v) is 14.0. The van der Waals surface area contributed by atoms with Gasteiger partial charge in [-0.2, -0.15) is 0 Å². The summed E-state index contributed by atoms with van der Waals surface area (Å²) in [6, 6.07) is 2.58. The SMILES string of the molecule is COCCOc1cnc(O[C@@H]2C[C@H]3C(=O)N[C@]4(C(=O)NS(=O)(=O)C5CC5)C[C@H]4/C=C\CC[C@@H](C)C[C@@H](C)C(NC(=O)OC(C)(C)C(C)(F)F)C(=O)N3C2)c2ccc(OC)cc12.[HH].[HH].[HH]. The highest BCUT2D eigenvalue weighted by atomic mass is 32.2. The second-order valence-electron chi connectivity index (χ2n) is 17.3. The number of hydrogen-bond acceptors (Lipinski definition) is 12. The molecule has 3 fully saturated rings. The topological polar surface area (TPSA) is 201 Å². The van der Waals surface area contributed by atoms with Gasteiger partial charge in [-0.25, -0.2) is 27.0 Å². The molecule has 3 N–H and O–H groups in total. The average Bonchev–Trinajstić information content (AvgIpc) is 4.12. The number of pyridine rings is 1. The fourth-order valence-electron chi connectivity index (χ4n) is 7.87. The molecule has 2 saturated carbocycles. The van der Waals surface area contributed by atoms with E-state index in [2.05, 4.69) is 20.3 Å². The van der Waals surface area contributed by atoms with Gasteiger partial charge in [0.15, 0.2) is 5.60 Å².